The number of nitrogens with zero attached hydrogens (tertiary/aromatic N) is 1. The Kier molecular flexibility index (Phi) is 2.71. The molecule has 3 heteroatoms. The fourth-order valence-electron chi connectivity index (χ4n) is 0.624. The van der Waals surface area contributed by atoms with Crippen LogP contribution >= 0.6 is 15.9 Å². The second-order valence-electron chi connectivity index (χ2n) is 1.73. The van der Waals surface area contributed by atoms with E-state index in [4.69, 9.17) is 0 Å². The van der Waals surface area contributed by atoms with E-state index in [0.717, 1.165) is 10.2 Å². The summed E-state index contributed by atoms with van der Waals surface area (Å²) < 4.78 is 0.942. The van der Waals surface area contributed by atoms with E-state index < -0.39 is 0 Å². The molecule has 2 nitrogen and oxygen atoms in total. The first kappa shape index (κ1) is 7.57. The van der Waals surface area contributed by atoms with E-state index in [2.05, 4.69) is 26.2 Å². The monoisotopic (exact) mass is 200 g/mol. The Bertz CT molecular complexity index is 215. The van der Waals surface area contributed by atoms with Crippen molar-refractivity contribution in [3.05, 3.63) is 28.7 Å². The van der Waals surface area contributed by atoms with Crippen LogP contribution in [0, 0.1) is 0 Å². The van der Waals surface area contributed by atoms with E-state index in [1.807, 2.05) is 24.3 Å². The molecule has 0 aromatic heterocycles. The van der Waals surface area contributed by atoms with E-state index in [9.17, 15) is 0 Å². The van der Waals surface area contributed by atoms with Crippen LogP contribution in [-0.4, -0.2) is 7.11 Å². The fourth-order valence-corrected chi connectivity index (χ4v) is 0.981. The van der Waals surface area contributed by atoms with Crippen LogP contribution in [0.3, 0.4) is 0 Å². The first-order valence-electron chi connectivity index (χ1n) is 2.83. The lowest BCUT2D eigenvalue weighted by Gasteiger charge is -1.99. The van der Waals surface area contributed by atoms with Gasteiger partial charge in [0.25, 0.3) is 0 Å². The van der Waals surface area contributed by atoms with Crippen LogP contribution in [0.2, 0.25) is 0 Å². The van der Waals surface area contributed by atoms with Gasteiger partial charge in [-0.1, -0.05) is 12.1 Å². The van der Waals surface area contributed by atoms with Crippen molar-refractivity contribution in [3.63, 3.8) is 0 Å². The number of hydrogen-bond donors (Lipinski definition) is 0. The first-order valence-corrected chi connectivity index (χ1v) is 3.62. The molecule has 1 aromatic rings. The summed E-state index contributed by atoms with van der Waals surface area (Å²) in [4.78, 5) is 4.60. The van der Waals surface area contributed by atoms with E-state index >= 15 is 0 Å². The van der Waals surface area contributed by atoms with Crippen molar-refractivity contribution in [3.8, 4) is 0 Å². The summed E-state index contributed by atoms with van der Waals surface area (Å²) in [5, 5.41) is 0. The Labute approximate surface area is 68.3 Å². The van der Waals surface area contributed by atoms with E-state index in [1.54, 1.807) is 0 Å². The highest BCUT2D eigenvalue weighted by Gasteiger charge is 1.96. The third kappa shape index (κ3) is 1.72. The van der Waals surface area contributed by atoms with Gasteiger partial charge in [-0.2, -0.15) is 0 Å². The van der Waals surface area contributed by atoms with Crippen molar-refractivity contribution in [1.29, 1.82) is 0 Å². The van der Waals surface area contributed by atoms with Crippen molar-refractivity contribution in [2.75, 3.05) is 7.11 Å². The molecule has 0 heterocycles. The van der Waals surface area contributed by atoms with Gasteiger partial charge in [-0.25, -0.2) is 0 Å². The topological polar surface area (TPSA) is 23.3 Å². The van der Waals surface area contributed by atoms with Crippen LogP contribution in [-0.2, 0) is 4.84 Å². The van der Waals surface area contributed by atoms with Gasteiger partial charge in [0.15, 0.2) is 0 Å². The molecule has 0 aliphatic heterocycles. The van der Waals surface area contributed by atoms with Gasteiger partial charge in [0.05, 0.1) is 7.11 Å². The minimum atomic E-state index is 0.810. The molecule has 0 aliphatic rings. The molecule has 0 unspecified atom stereocenters. The zero-order valence-corrected chi connectivity index (χ0v) is 7.13. The maximum absolute atomic E-state index is 4.60. The molecule has 0 saturated heterocycles. The normalized spacial score (nSPS) is 9.40. The maximum Gasteiger partial charge on any atom is 0.105 e. The van der Waals surface area contributed by atoms with Crippen molar-refractivity contribution < 1.29 is 4.84 Å². The lowest BCUT2D eigenvalue weighted by molar-refractivity contribution is 0.124. The van der Waals surface area contributed by atoms with Gasteiger partial charge < -0.3 is 0 Å². The predicted octanol–water partition coefficient (Wildman–Crippen LogP) is 2.25. The zero-order chi connectivity index (χ0) is 7.40. The molecule has 0 saturated carbocycles. The summed E-state index contributed by atoms with van der Waals surface area (Å²) in [5.41, 5.74) is 4.57. The Hall–Kier alpha value is -0.540. The molecule has 0 bridgehead atoms. The highest BCUT2D eigenvalue weighted by atomic mass is 79.9. The molecule has 0 aliphatic carbocycles. The van der Waals surface area contributed by atoms with E-state index in [0.29, 0.717) is 0 Å². The molecule has 0 spiro atoms. The van der Waals surface area contributed by atoms with Crippen LogP contribution < -0.4 is 5.48 Å². The largest absolute Gasteiger partial charge is 0.255 e. The molecular weight excluding hydrogens is 194 g/mol. The van der Waals surface area contributed by atoms with Gasteiger partial charge >= 0.3 is 0 Å². The summed E-state index contributed by atoms with van der Waals surface area (Å²) >= 11 is 3.32. The van der Waals surface area contributed by atoms with Crippen molar-refractivity contribution >= 4 is 21.6 Å². The Morgan fingerprint density at radius 1 is 1.40 bits per heavy atom. The Morgan fingerprint density at radius 3 is 2.70 bits per heavy atom. The van der Waals surface area contributed by atoms with Gasteiger partial charge in [-0.05, 0) is 28.1 Å². The average Bonchev–Trinajstić information content (AvgIpc) is 1.94. The smallest absolute Gasteiger partial charge is 0.105 e. The van der Waals surface area contributed by atoms with Gasteiger partial charge in [0.1, 0.15) is 5.69 Å². The van der Waals surface area contributed by atoms with Crippen molar-refractivity contribution in [2.24, 2.45) is 0 Å². The third-order valence-corrected chi connectivity index (χ3v) is 1.71. The highest BCUT2D eigenvalue weighted by Crippen LogP contribution is 2.20. The molecular formula is C7H7BrNO. The van der Waals surface area contributed by atoms with Gasteiger partial charge in [0, 0.05) is 4.47 Å². The minimum Gasteiger partial charge on any atom is -0.255 e. The van der Waals surface area contributed by atoms with Crippen LogP contribution in [0.25, 0.3) is 0 Å². The van der Waals surface area contributed by atoms with Crippen LogP contribution in [0.4, 0.5) is 5.69 Å². The summed E-state index contributed by atoms with van der Waals surface area (Å²) in [6.07, 6.45) is 0. The molecule has 0 N–H and O–H groups in total. The van der Waals surface area contributed by atoms with Gasteiger partial charge in [0.2, 0.25) is 0 Å². The van der Waals surface area contributed by atoms with Gasteiger partial charge in [-0.3, -0.25) is 4.84 Å². The first-order chi connectivity index (χ1) is 4.84. The predicted molar refractivity (Wildman–Crippen MR) is 42.9 cm³/mol. The van der Waals surface area contributed by atoms with Gasteiger partial charge in [-0.15, -0.1) is 5.48 Å². The average molecular weight is 201 g/mol. The summed E-state index contributed by atoms with van der Waals surface area (Å²) in [6, 6.07) is 7.62. The molecule has 1 rings (SSSR count). The number of halogens is 1. The van der Waals surface area contributed by atoms with Crippen LogP contribution in [0.15, 0.2) is 28.7 Å². The molecule has 10 heavy (non-hydrogen) atoms. The van der Waals surface area contributed by atoms with Crippen LogP contribution in [0.5, 0.6) is 0 Å². The standard InChI is InChI=1S/C7H7BrNO/c1-10-9-7-5-3-2-4-6(7)8/h2-5H,1H3. The molecule has 0 fully saturated rings. The Morgan fingerprint density at radius 2 is 2.10 bits per heavy atom. The number of rotatable bonds is 2. The molecule has 1 aromatic carbocycles. The summed E-state index contributed by atoms with van der Waals surface area (Å²) in [5.74, 6) is 0. The number of benzene rings is 1. The number of hydrogen-bond acceptors (Lipinski definition) is 1. The second kappa shape index (κ2) is 3.58. The SMILES string of the molecule is CO[N]c1ccccc1Br. The summed E-state index contributed by atoms with van der Waals surface area (Å²) in [7, 11) is 1.53. The quantitative estimate of drug-likeness (QED) is 0.673. The summed E-state index contributed by atoms with van der Waals surface area (Å²) in [6.45, 7) is 0. The van der Waals surface area contributed by atoms with E-state index in [1.165, 1.54) is 7.11 Å². The minimum absolute atomic E-state index is 0.810. The van der Waals surface area contributed by atoms with Crippen molar-refractivity contribution in [2.45, 2.75) is 0 Å². The second-order valence-corrected chi connectivity index (χ2v) is 2.58. The fraction of sp³-hybridized carbons (Fsp3) is 0.143. The zero-order valence-electron chi connectivity index (χ0n) is 5.54. The van der Waals surface area contributed by atoms with E-state index in [-0.39, 0.29) is 0 Å². The lowest BCUT2D eigenvalue weighted by atomic mass is 10.3. The third-order valence-electron chi connectivity index (χ3n) is 1.04. The van der Waals surface area contributed by atoms with Crippen LogP contribution in [0.1, 0.15) is 0 Å². The lowest BCUT2D eigenvalue weighted by Crippen LogP contribution is -1.93. The Balaban J connectivity index is 2.81. The molecule has 1 radical (unpaired) electrons. The molecule has 53 valence electrons. The maximum atomic E-state index is 4.60. The highest BCUT2D eigenvalue weighted by molar-refractivity contribution is 9.10. The van der Waals surface area contributed by atoms with Crippen molar-refractivity contribution in [1.82, 2.24) is 5.48 Å². The molecule has 0 amide bonds. The molecule has 0 atom stereocenters.